The van der Waals surface area contributed by atoms with Crippen molar-refractivity contribution in [3.63, 3.8) is 0 Å². The van der Waals surface area contributed by atoms with E-state index in [4.69, 9.17) is 9.26 Å². The van der Waals surface area contributed by atoms with E-state index in [0.717, 1.165) is 23.4 Å². The quantitative estimate of drug-likeness (QED) is 0.745. The number of nitrogens with one attached hydrogen (secondary N) is 1. The van der Waals surface area contributed by atoms with E-state index >= 15 is 0 Å². The molecule has 0 saturated carbocycles. The van der Waals surface area contributed by atoms with Gasteiger partial charge >= 0.3 is 0 Å². The molecule has 1 atom stereocenters. The first-order valence-electron chi connectivity index (χ1n) is 7.92. The van der Waals surface area contributed by atoms with Crippen LogP contribution in [0, 0.1) is 6.92 Å². The molecule has 1 N–H and O–H groups in total. The van der Waals surface area contributed by atoms with Crippen molar-refractivity contribution >= 4 is 0 Å². The maximum absolute atomic E-state index is 5.28. The number of aryl methyl sites for hydroxylation is 1. The normalized spacial score (nSPS) is 12.1. The van der Waals surface area contributed by atoms with Crippen molar-refractivity contribution in [2.24, 2.45) is 0 Å². The van der Waals surface area contributed by atoms with Crippen molar-refractivity contribution in [2.45, 2.75) is 26.4 Å². The van der Waals surface area contributed by atoms with E-state index in [-0.39, 0.29) is 6.04 Å². The Kier molecular flexibility index (Phi) is 4.91. The van der Waals surface area contributed by atoms with Gasteiger partial charge in [0.25, 0.3) is 5.89 Å². The van der Waals surface area contributed by atoms with Crippen molar-refractivity contribution in [2.75, 3.05) is 7.11 Å². The van der Waals surface area contributed by atoms with Gasteiger partial charge in [0.2, 0.25) is 0 Å². The first-order chi connectivity index (χ1) is 11.7. The Bertz CT molecular complexity index is 814. The fraction of sp³-hybridized carbons (Fsp3) is 0.263. The monoisotopic (exact) mass is 323 g/mol. The molecule has 0 unspecified atom stereocenters. The van der Waals surface area contributed by atoms with Crippen LogP contribution in [-0.2, 0) is 6.54 Å². The number of hydrogen-bond acceptors (Lipinski definition) is 5. The average Bonchev–Trinajstić information content (AvgIpc) is 3.06. The second-order valence-corrected chi connectivity index (χ2v) is 5.73. The van der Waals surface area contributed by atoms with Crippen LogP contribution in [0.5, 0.6) is 5.75 Å². The molecule has 5 nitrogen and oxygen atoms in total. The van der Waals surface area contributed by atoms with Gasteiger partial charge in [-0.3, -0.25) is 0 Å². The SMILES string of the molecule is COc1cccc([C@@H](C)NCc2cccc(-c3nc(C)no3)c2)c1. The first kappa shape index (κ1) is 16.2. The highest BCUT2D eigenvalue weighted by Crippen LogP contribution is 2.21. The number of hydrogen-bond donors (Lipinski definition) is 1. The van der Waals surface area contributed by atoms with Crippen LogP contribution in [0.1, 0.15) is 29.9 Å². The van der Waals surface area contributed by atoms with Crippen LogP contribution in [0.15, 0.2) is 53.1 Å². The minimum Gasteiger partial charge on any atom is -0.497 e. The standard InChI is InChI=1S/C19H21N3O2/c1-13(16-7-5-9-18(11-16)23-3)20-12-15-6-4-8-17(10-15)19-21-14(2)22-24-19/h4-11,13,20H,12H2,1-3H3/t13-/m1/s1. The van der Waals surface area contributed by atoms with Crippen LogP contribution >= 0.6 is 0 Å². The molecule has 2 aromatic carbocycles. The summed E-state index contributed by atoms with van der Waals surface area (Å²) in [6.45, 7) is 4.70. The first-order valence-corrected chi connectivity index (χ1v) is 7.92. The molecule has 124 valence electrons. The summed E-state index contributed by atoms with van der Waals surface area (Å²) >= 11 is 0. The van der Waals surface area contributed by atoms with E-state index in [1.807, 2.05) is 31.2 Å². The Hall–Kier alpha value is -2.66. The maximum Gasteiger partial charge on any atom is 0.257 e. The molecule has 0 aliphatic carbocycles. The lowest BCUT2D eigenvalue weighted by Crippen LogP contribution is -2.18. The molecule has 0 amide bonds. The minimum absolute atomic E-state index is 0.217. The maximum atomic E-state index is 5.28. The van der Waals surface area contributed by atoms with Crippen molar-refractivity contribution < 1.29 is 9.26 Å². The predicted octanol–water partition coefficient (Wildman–Crippen LogP) is 3.90. The third-order valence-corrected chi connectivity index (χ3v) is 3.91. The summed E-state index contributed by atoms with van der Waals surface area (Å²) in [6.07, 6.45) is 0. The van der Waals surface area contributed by atoms with Gasteiger partial charge in [0.15, 0.2) is 5.82 Å². The Morgan fingerprint density at radius 3 is 2.75 bits per heavy atom. The van der Waals surface area contributed by atoms with Crippen molar-refractivity contribution in [1.82, 2.24) is 15.5 Å². The molecular weight excluding hydrogens is 302 g/mol. The lowest BCUT2D eigenvalue weighted by Gasteiger charge is -2.15. The molecule has 1 heterocycles. The van der Waals surface area contributed by atoms with Crippen molar-refractivity contribution in [3.8, 4) is 17.2 Å². The van der Waals surface area contributed by atoms with E-state index < -0.39 is 0 Å². The van der Waals surface area contributed by atoms with Crippen molar-refractivity contribution in [3.05, 3.63) is 65.5 Å². The van der Waals surface area contributed by atoms with Gasteiger partial charge in [-0.15, -0.1) is 0 Å². The van der Waals surface area contributed by atoms with Gasteiger partial charge in [-0.25, -0.2) is 0 Å². The average molecular weight is 323 g/mol. The van der Waals surface area contributed by atoms with Gasteiger partial charge in [0.05, 0.1) is 7.11 Å². The summed E-state index contributed by atoms with van der Waals surface area (Å²) < 4.78 is 10.5. The summed E-state index contributed by atoms with van der Waals surface area (Å²) in [5, 5.41) is 7.37. The zero-order chi connectivity index (χ0) is 16.9. The highest BCUT2D eigenvalue weighted by atomic mass is 16.5. The summed E-state index contributed by atoms with van der Waals surface area (Å²) in [5.74, 6) is 2.06. The number of benzene rings is 2. The van der Waals surface area contributed by atoms with Gasteiger partial charge in [-0.05, 0) is 49.2 Å². The number of methoxy groups -OCH3 is 1. The number of aromatic nitrogens is 2. The molecule has 1 aromatic heterocycles. The summed E-state index contributed by atoms with van der Waals surface area (Å²) in [5.41, 5.74) is 3.29. The van der Waals surface area contributed by atoms with E-state index in [1.54, 1.807) is 7.11 Å². The zero-order valence-corrected chi connectivity index (χ0v) is 14.1. The molecule has 24 heavy (non-hydrogen) atoms. The summed E-state index contributed by atoms with van der Waals surface area (Å²) in [4.78, 5) is 4.27. The Morgan fingerprint density at radius 1 is 1.17 bits per heavy atom. The lowest BCUT2D eigenvalue weighted by atomic mass is 10.1. The number of rotatable bonds is 6. The van der Waals surface area contributed by atoms with Gasteiger partial charge in [-0.2, -0.15) is 4.98 Å². The van der Waals surface area contributed by atoms with E-state index in [9.17, 15) is 0 Å². The molecule has 0 aliphatic rings. The number of nitrogens with zero attached hydrogens (tertiary/aromatic N) is 2. The zero-order valence-electron chi connectivity index (χ0n) is 14.1. The lowest BCUT2D eigenvalue weighted by molar-refractivity contribution is 0.413. The topological polar surface area (TPSA) is 60.2 Å². The Balaban J connectivity index is 1.68. The van der Waals surface area contributed by atoms with Gasteiger partial charge in [-0.1, -0.05) is 29.4 Å². The third-order valence-electron chi connectivity index (χ3n) is 3.91. The van der Waals surface area contributed by atoms with E-state index in [0.29, 0.717) is 11.7 Å². The van der Waals surface area contributed by atoms with Gasteiger partial charge in [0.1, 0.15) is 5.75 Å². The molecule has 0 fully saturated rings. The summed E-state index contributed by atoms with van der Waals surface area (Å²) in [7, 11) is 1.68. The van der Waals surface area contributed by atoms with E-state index in [1.165, 1.54) is 5.56 Å². The third kappa shape index (κ3) is 3.81. The second kappa shape index (κ2) is 7.27. The van der Waals surface area contributed by atoms with Crippen LogP contribution in [0.2, 0.25) is 0 Å². The smallest absolute Gasteiger partial charge is 0.257 e. The molecule has 5 heteroatoms. The highest BCUT2D eigenvalue weighted by Gasteiger charge is 2.09. The molecular formula is C19H21N3O2. The molecule has 0 aliphatic heterocycles. The van der Waals surface area contributed by atoms with Crippen LogP contribution < -0.4 is 10.1 Å². The Morgan fingerprint density at radius 2 is 2.00 bits per heavy atom. The summed E-state index contributed by atoms with van der Waals surface area (Å²) in [6, 6.07) is 16.4. The van der Waals surface area contributed by atoms with Crippen LogP contribution in [0.3, 0.4) is 0 Å². The molecule has 0 spiro atoms. The number of ether oxygens (including phenoxy) is 1. The molecule has 3 rings (SSSR count). The second-order valence-electron chi connectivity index (χ2n) is 5.73. The van der Waals surface area contributed by atoms with E-state index in [2.05, 4.69) is 46.6 Å². The molecule has 0 bridgehead atoms. The largest absolute Gasteiger partial charge is 0.497 e. The molecule has 3 aromatic rings. The van der Waals surface area contributed by atoms with Crippen LogP contribution in [0.4, 0.5) is 0 Å². The molecule has 0 saturated heterocycles. The fourth-order valence-corrected chi connectivity index (χ4v) is 2.53. The van der Waals surface area contributed by atoms with Crippen LogP contribution in [-0.4, -0.2) is 17.3 Å². The van der Waals surface area contributed by atoms with Crippen molar-refractivity contribution in [1.29, 1.82) is 0 Å². The minimum atomic E-state index is 0.217. The van der Waals surface area contributed by atoms with Gasteiger partial charge < -0.3 is 14.6 Å². The van der Waals surface area contributed by atoms with Gasteiger partial charge in [0, 0.05) is 18.2 Å². The Labute approximate surface area is 141 Å². The molecule has 0 radical (unpaired) electrons. The van der Waals surface area contributed by atoms with Crippen LogP contribution in [0.25, 0.3) is 11.5 Å². The predicted molar refractivity (Wildman–Crippen MR) is 92.7 cm³/mol. The fourth-order valence-electron chi connectivity index (χ4n) is 2.53. The highest BCUT2D eigenvalue weighted by molar-refractivity contribution is 5.54.